The third-order valence-corrected chi connectivity index (χ3v) is 4.79. The number of benzene rings is 1. The number of rotatable bonds is 7. The minimum Gasteiger partial charge on any atom is -0.505 e. The Labute approximate surface area is 165 Å². The van der Waals surface area contributed by atoms with Gasteiger partial charge in [0.15, 0.2) is 5.75 Å². The lowest BCUT2D eigenvalue weighted by atomic mass is 10.1. The van der Waals surface area contributed by atoms with Gasteiger partial charge in [0.05, 0.1) is 11.3 Å². The van der Waals surface area contributed by atoms with Crippen LogP contribution in [0.15, 0.2) is 29.6 Å². The Morgan fingerprint density at radius 2 is 1.75 bits per heavy atom. The highest BCUT2D eigenvalue weighted by atomic mass is 16.3. The number of carbonyl (C=O) groups is 3. The first-order valence-corrected chi connectivity index (χ1v) is 9.27. The standard InChI is InChI=1S/C20H28N4O4/c1-7-24-19(27)15(21-12(4)11(2)3)16(20(24)28)22-14-10-8-9-13(17(14)25)18(26)23(5)6/h8-12,21-22,25H,7H2,1-6H3/t12-/m0/s1. The molecular formula is C20H28N4O4. The Morgan fingerprint density at radius 3 is 2.29 bits per heavy atom. The second kappa shape index (κ2) is 8.33. The fourth-order valence-corrected chi connectivity index (χ4v) is 2.70. The van der Waals surface area contributed by atoms with E-state index in [-0.39, 0.29) is 52.8 Å². The third kappa shape index (κ3) is 3.95. The summed E-state index contributed by atoms with van der Waals surface area (Å²) in [6, 6.07) is 4.60. The molecular weight excluding hydrogens is 360 g/mol. The van der Waals surface area contributed by atoms with E-state index in [0.717, 1.165) is 4.90 Å². The van der Waals surface area contributed by atoms with Crippen LogP contribution in [0.1, 0.15) is 38.1 Å². The van der Waals surface area contributed by atoms with Crippen LogP contribution in [0, 0.1) is 5.92 Å². The summed E-state index contributed by atoms with van der Waals surface area (Å²) in [5, 5.41) is 16.5. The smallest absolute Gasteiger partial charge is 0.279 e. The van der Waals surface area contributed by atoms with E-state index in [1.54, 1.807) is 33.2 Å². The molecule has 0 spiro atoms. The summed E-state index contributed by atoms with van der Waals surface area (Å²) < 4.78 is 0. The molecule has 28 heavy (non-hydrogen) atoms. The number of anilines is 1. The highest BCUT2D eigenvalue weighted by Gasteiger charge is 2.38. The van der Waals surface area contributed by atoms with Crippen LogP contribution in [0.5, 0.6) is 5.75 Å². The number of hydrogen-bond donors (Lipinski definition) is 3. The molecule has 0 radical (unpaired) electrons. The quantitative estimate of drug-likeness (QED) is 0.486. The summed E-state index contributed by atoms with van der Waals surface area (Å²) in [6.07, 6.45) is 0. The largest absolute Gasteiger partial charge is 0.505 e. The molecule has 3 N–H and O–H groups in total. The summed E-state index contributed by atoms with van der Waals surface area (Å²) in [4.78, 5) is 40.1. The van der Waals surface area contributed by atoms with Crippen molar-refractivity contribution in [2.24, 2.45) is 5.92 Å². The molecule has 3 amide bonds. The Hall–Kier alpha value is -3.03. The van der Waals surface area contributed by atoms with Crippen molar-refractivity contribution in [2.75, 3.05) is 26.0 Å². The molecule has 8 heteroatoms. The maximum atomic E-state index is 12.7. The van der Waals surface area contributed by atoms with Crippen molar-refractivity contribution in [3.63, 3.8) is 0 Å². The van der Waals surface area contributed by atoms with Gasteiger partial charge in [0.1, 0.15) is 11.4 Å². The Bertz CT molecular complexity index is 829. The van der Waals surface area contributed by atoms with E-state index in [1.807, 2.05) is 20.8 Å². The minimum absolute atomic E-state index is 0.0457. The number of aromatic hydroxyl groups is 1. The molecule has 1 aromatic carbocycles. The fourth-order valence-electron chi connectivity index (χ4n) is 2.70. The fraction of sp³-hybridized carbons (Fsp3) is 0.450. The van der Waals surface area contributed by atoms with Gasteiger partial charge in [0.25, 0.3) is 17.7 Å². The number of carbonyl (C=O) groups excluding carboxylic acids is 3. The van der Waals surface area contributed by atoms with Gasteiger partial charge in [0.2, 0.25) is 0 Å². The van der Waals surface area contributed by atoms with Gasteiger partial charge in [-0.25, -0.2) is 0 Å². The second-order valence-electron chi connectivity index (χ2n) is 7.31. The average molecular weight is 388 g/mol. The SMILES string of the molecule is CCN1C(=O)C(Nc2cccc(C(=O)N(C)C)c2O)=C(N[C@@H](C)C(C)C)C1=O. The zero-order chi connectivity index (χ0) is 21.2. The molecule has 2 rings (SSSR count). The number of para-hydroxylation sites is 1. The van der Waals surface area contributed by atoms with E-state index in [2.05, 4.69) is 10.6 Å². The molecule has 0 aromatic heterocycles. The Balaban J connectivity index is 2.47. The average Bonchev–Trinajstić information content (AvgIpc) is 2.85. The molecule has 0 saturated heterocycles. The molecule has 152 valence electrons. The van der Waals surface area contributed by atoms with Crippen LogP contribution in [-0.2, 0) is 9.59 Å². The van der Waals surface area contributed by atoms with Gasteiger partial charge < -0.3 is 20.6 Å². The van der Waals surface area contributed by atoms with E-state index in [0.29, 0.717) is 0 Å². The lowest BCUT2D eigenvalue weighted by Crippen LogP contribution is -2.37. The summed E-state index contributed by atoms with van der Waals surface area (Å²) in [6.45, 7) is 7.89. The first-order chi connectivity index (χ1) is 13.1. The minimum atomic E-state index is -0.477. The molecule has 0 bridgehead atoms. The zero-order valence-electron chi connectivity index (χ0n) is 17.2. The first-order valence-electron chi connectivity index (χ1n) is 9.27. The topological polar surface area (TPSA) is 102 Å². The molecule has 1 aliphatic heterocycles. The van der Waals surface area contributed by atoms with Crippen molar-refractivity contribution in [1.29, 1.82) is 0 Å². The molecule has 8 nitrogen and oxygen atoms in total. The van der Waals surface area contributed by atoms with Crippen LogP contribution in [0.3, 0.4) is 0 Å². The molecule has 0 unspecified atom stereocenters. The lowest BCUT2D eigenvalue weighted by molar-refractivity contribution is -0.137. The van der Waals surface area contributed by atoms with Crippen molar-refractivity contribution in [3.8, 4) is 5.75 Å². The first kappa shape index (κ1) is 21.3. The number of hydrogen-bond acceptors (Lipinski definition) is 6. The molecule has 1 heterocycles. The zero-order valence-corrected chi connectivity index (χ0v) is 17.2. The maximum absolute atomic E-state index is 12.7. The van der Waals surface area contributed by atoms with Crippen LogP contribution in [0.2, 0.25) is 0 Å². The van der Waals surface area contributed by atoms with Crippen molar-refractivity contribution >= 4 is 23.4 Å². The van der Waals surface area contributed by atoms with Crippen LogP contribution in [0.4, 0.5) is 5.69 Å². The predicted octanol–water partition coefficient (Wildman–Crippen LogP) is 1.74. The monoisotopic (exact) mass is 388 g/mol. The number of imide groups is 1. The highest BCUT2D eigenvalue weighted by molar-refractivity contribution is 6.20. The lowest BCUT2D eigenvalue weighted by Gasteiger charge is -2.20. The number of likely N-dealkylation sites (N-methyl/N-ethyl adjacent to an activating group) is 1. The van der Waals surface area contributed by atoms with Crippen LogP contribution in [-0.4, -0.2) is 59.3 Å². The summed E-state index contributed by atoms with van der Waals surface area (Å²) in [5.74, 6) is -1.30. The van der Waals surface area contributed by atoms with E-state index >= 15 is 0 Å². The molecule has 1 aromatic rings. The van der Waals surface area contributed by atoms with E-state index in [4.69, 9.17) is 0 Å². The summed E-state index contributed by atoms with van der Waals surface area (Å²) in [7, 11) is 3.16. The van der Waals surface area contributed by atoms with E-state index in [1.165, 1.54) is 11.0 Å². The van der Waals surface area contributed by atoms with Gasteiger partial charge in [-0.3, -0.25) is 19.3 Å². The van der Waals surface area contributed by atoms with E-state index < -0.39 is 11.8 Å². The van der Waals surface area contributed by atoms with Gasteiger partial charge in [0, 0.05) is 26.7 Å². The van der Waals surface area contributed by atoms with E-state index in [9.17, 15) is 19.5 Å². The molecule has 1 aliphatic rings. The number of phenolic OH excluding ortho intramolecular Hbond substituents is 1. The predicted molar refractivity (Wildman–Crippen MR) is 107 cm³/mol. The number of nitrogens with zero attached hydrogens (tertiary/aromatic N) is 2. The van der Waals surface area contributed by atoms with Crippen LogP contribution >= 0.6 is 0 Å². The Kier molecular flexibility index (Phi) is 6.33. The summed E-state index contributed by atoms with van der Waals surface area (Å²) in [5.41, 5.74) is 0.504. The highest BCUT2D eigenvalue weighted by Crippen LogP contribution is 2.31. The van der Waals surface area contributed by atoms with Gasteiger partial charge in [-0.1, -0.05) is 19.9 Å². The second-order valence-corrected chi connectivity index (χ2v) is 7.31. The van der Waals surface area contributed by atoms with Crippen molar-refractivity contribution in [1.82, 2.24) is 15.1 Å². The van der Waals surface area contributed by atoms with Crippen molar-refractivity contribution in [2.45, 2.75) is 33.7 Å². The van der Waals surface area contributed by atoms with Gasteiger partial charge in [-0.15, -0.1) is 0 Å². The van der Waals surface area contributed by atoms with Crippen molar-refractivity contribution < 1.29 is 19.5 Å². The van der Waals surface area contributed by atoms with Gasteiger partial charge >= 0.3 is 0 Å². The van der Waals surface area contributed by atoms with Gasteiger partial charge in [-0.2, -0.15) is 0 Å². The van der Waals surface area contributed by atoms with Crippen molar-refractivity contribution in [3.05, 3.63) is 35.2 Å². The van der Waals surface area contributed by atoms with Crippen LogP contribution < -0.4 is 10.6 Å². The third-order valence-electron chi connectivity index (χ3n) is 4.79. The number of amides is 3. The summed E-state index contributed by atoms with van der Waals surface area (Å²) >= 11 is 0. The molecule has 0 fully saturated rings. The molecule has 0 saturated carbocycles. The normalized spacial score (nSPS) is 15.3. The number of nitrogens with one attached hydrogen (secondary N) is 2. The molecule has 1 atom stereocenters. The van der Waals surface area contributed by atoms with Crippen LogP contribution in [0.25, 0.3) is 0 Å². The molecule has 0 aliphatic carbocycles. The van der Waals surface area contributed by atoms with Gasteiger partial charge in [-0.05, 0) is 31.9 Å². The number of phenols is 1. The Morgan fingerprint density at radius 1 is 1.14 bits per heavy atom. The maximum Gasteiger partial charge on any atom is 0.279 e.